The van der Waals surface area contributed by atoms with Crippen LogP contribution in [0.4, 0.5) is 5.69 Å². The Morgan fingerprint density at radius 2 is 2.11 bits per heavy atom. The highest BCUT2D eigenvalue weighted by molar-refractivity contribution is 8.15. The molecule has 0 atom stereocenters. The van der Waals surface area contributed by atoms with E-state index < -0.39 is 0 Å². The summed E-state index contributed by atoms with van der Waals surface area (Å²) in [7, 11) is 0. The average Bonchev–Trinajstić information content (AvgIpc) is 3.05. The molecule has 0 saturated carbocycles. The number of amidine groups is 1. The fourth-order valence-electron chi connectivity index (χ4n) is 2.94. The summed E-state index contributed by atoms with van der Waals surface area (Å²) in [6, 6.07) is 6.67. The van der Waals surface area contributed by atoms with Gasteiger partial charge in [-0.25, -0.2) is 4.99 Å². The highest BCUT2D eigenvalue weighted by Crippen LogP contribution is 2.29. The molecule has 1 saturated heterocycles. The van der Waals surface area contributed by atoms with Gasteiger partial charge in [0.25, 0.3) is 0 Å². The summed E-state index contributed by atoms with van der Waals surface area (Å²) < 4.78 is 0. The Labute approximate surface area is 116 Å². The normalized spacial score (nSPS) is 21.5. The third-order valence-corrected chi connectivity index (χ3v) is 4.99. The Hall–Kier alpha value is -1.49. The van der Waals surface area contributed by atoms with Crippen LogP contribution in [0.25, 0.3) is 0 Å². The maximum atomic E-state index is 11.8. The number of anilines is 1. The summed E-state index contributed by atoms with van der Waals surface area (Å²) in [6.07, 6.45) is 3.66. The van der Waals surface area contributed by atoms with Gasteiger partial charge in [0.1, 0.15) is 13.3 Å². The van der Waals surface area contributed by atoms with Crippen molar-refractivity contribution in [1.82, 2.24) is 4.90 Å². The van der Waals surface area contributed by atoms with Crippen molar-refractivity contribution in [2.45, 2.75) is 19.3 Å². The largest absolute Gasteiger partial charge is 0.334 e. The molecule has 0 aromatic heterocycles. The van der Waals surface area contributed by atoms with Crippen LogP contribution in [0.15, 0.2) is 23.2 Å². The molecule has 0 unspecified atom stereocenters. The number of thioether (sulfide) groups is 1. The lowest BCUT2D eigenvalue weighted by Crippen LogP contribution is -2.45. The fraction of sp³-hybridized carbons (Fsp3) is 0.429. The van der Waals surface area contributed by atoms with E-state index in [1.807, 2.05) is 0 Å². The van der Waals surface area contributed by atoms with E-state index in [-0.39, 0.29) is 5.91 Å². The molecule has 1 aromatic rings. The number of hydrogen-bond acceptors (Lipinski definition) is 4. The summed E-state index contributed by atoms with van der Waals surface area (Å²) >= 11 is 1.55. The van der Waals surface area contributed by atoms with Crippen LogP contribution in [0.5, 0.6) is 0 Å². The number of nitrogens with zero attached hydrogens (tertiary/aromatic N) is 3. The number of rotatable bonds is 1. The number of hydrogen-bond donors (Lipinski definition) is 0. The monoisotopic (exact) mass is 273 g/mol. The Bertz CT molecular complexity index is 584. The summed E-state index contributed by atoms with van der Waals surface area (Å²) in [5.41, 5.74) is 4.14. The van der Waals surface area contributed by atoms with Crippen molar-refractivity contribution in [3.8, 4) is 0 Å². The Kier molecular flexibility index (Phi) is 2.55. The van der Waals surface area contributed by atoms with Gasteiger partial charge in [-0.05, 0) is 42.5 Å². The van der Waals surface area contributed by atoms with Crippen LogP contribution in [0.2, 0.25) is 0 Å². The van der Waals surface area contributed by atoms with Crippen molar-refractivity contribution in [3.05, 3.63) is 29.3 Å². The molecule has 4 rings (SSSR count). The first kappa shape index (κ1) is 11.3. The predicted octanol–water partition coefficient (Wildman–Crippen LogP) is 1.84. The van der Waals surface area contributed by atoms with E-state index in [0.29, 0.717) is 19.1 Å². The molecular formula is C14H15N3OS. The molecule has 0 N–H and O–H groups in total. The van der Waals surface area contributed by atoms with Crippen LogP contribution in [0, 0.1) is 0 Å². The van der Waals surface area contributed by atoms with Crippen LogP contribution in [0.1, 0.15) is 17.5 Å². The molecule has 5 heteroatoms. The van der Waals surface area contributed by atoms with Crippen molar-refractivity contribution in [1.29, 1.82) is 0 Å². The average molecular weight is 273 g/mol. The number of carbonyl (C=O) groups is 1. The van der Waals surface area contributed by atoms with Crippen molar-refractivity contribution in [3.63, 3.8) is 0 Å². The van der Waals surface area contributed by atoms with Crippen molar-refractivity contribution in [2.24, 2.45) is 4.99 Å². The number of amides is 1. The van der Waals surface area contributed by atoms with E-state index >= 15 is 0 Å². The zero-order valence-electron chi connectivity index (χ0n) is 10.6. The first-order valence-corrected chi connectivity index (χ1v) is 7.64. The number of aryl methyl sites for hydroxylation is 2. The summed E-state index contributed by atoms with van der Waals surface area (Å²) in [6.45, 7) is 1.30. The van der Waals surface area contributed by atoms with Crippen LogP contribution in [-0.2, 0) is 17.6 Å². The van der Waals surface area contributed by atoms with Gasteiger partial charge in [0.05, 0.1) is 5.75 Å². The number of benzene rings is 1. The van der Waals surface area contributed by atoms with Crippen LogP contribution >= 0.6 is 11.8 Å². The molecule has 98 valence electrons. The van der Waals surface area contributed by atoms with Crippen molar-refractivity contribution >= 4 is 28.5 Å². The van der Waals surface area contributed by atoms with Crippen LogP contribution in [0.3, 0.4) is 0 Å². The lowest BCUT2D eigenvalue weighted by molar-refractivity contribution is -0.124. The van der Waals surface area contributed by atoms with Crippen molar-refractivity contribution < 1.29 is 4.79 Å². The Morgan fingerprint density at radius 1 is 1.21 bits per heavy atom. The Morgan fingerprint density at radius 3 is 3.05 bits per heavy atom. The summed E-state index contributed by atoms with van der Waals surface area (Å²) in [5.74, 6) is 0.714. The minimum atomic E-state index is 0.176. The van der Waals surface area contributed by atoms with E-state index in [4.69, 9.17) is 0 Å². The second-order valence-corrected chi connectivity index (χ2v) is 6.12. The third kappa shape index (κ3) is 1.84. The second kappa shape index (κ2) is 4.27. The first-order chi connectivity index (χ1) is 9.31. The third-order valence-electron chi connectivity index (χ3n) is 3.99. The molecule has 1 aromatic carbocycles. The fourth-order valence-corrected chi connectivity index (χ4v) is 3.81. The van der Waals surface area contributed by atoms with Gasteiger partial charge in [-0.15, -0.1) is 0 Å². The van der Waals surface area contributed by atoms with Gasteiger partial charge in [-0.2, -0.15) is 0 Å². The molecule has 0 spiro atoms. The second-order valence-electron chi connectivity index (χ2n) is 5.18. The first-order valence-electron chi connectivity index (χ1n) is 6.65. The lowest BCUT2D eigenvalue weighted by atomic mass is 10.1. The lowest BCUT2D eigenvalue weighted by Gasteiger charge is -2.32. The number of carbonyl (C=O) groups excluding carboxylic acids is 1. The van der Waals surface area contributed by atoms with Crippen LogP contribution in [-0.4, -0.2) is 35.1 Å². The van der Waals surface area contributed by atoms with Gasteiger partial charge >= 0.3 is 0 Å². The van der Waals surface area contributed by atoms with Crippen LogP contribution < -0.4 is 4.90 Å². The summed E-state index contributed by atoms with van der Waals surface area (Å²) in [5, 5.41) is 0.891. The quantitative estimate of drug-likeness (QED) is 0.783. The Balaban J connectivity index is 1.62. The zero-order chi connectivity index (χ0) is 12.8. The highest BCUT2D eigenvalue weighted by Gasteiger charge is 2.32. The van der Waals surface area contributed by atoms with Gasteiger partial charge in [0.2, 0.25) is 5.91 Å². The molecule has 0 radical (unpaired) electrons. The molecule has 1 amide bonds. The van der Waals surface area contributed by atoms with E-state index in [9.17, 15) is 4.79 Å². The zero-order valence-corrected chi connectivity index (χ0v) is 11.4. The van der Waals surface area contributed by atoms with Gasteiger partial charge in [-0.3, -0.25) is 9.69 Å². The van der Waals surface area contributed by atoms with E-state index in [1.54, 1.807) is 16.7 Å². The minimum Gasteiger partial charge on any atom is -0.334 e. The highest BCUT2D eigenvalue weighted by atomic mass is 32.2. The van der Waals surface area contributed by atoms with E-state index in [1.165, 1.54) is 36.1 Å². The van der Waals surface area contributed by atoms with E-state index in [2.05, 4.69) is 28.1 Å². The smallest absolute Gasteiger partial charge is 0.240 e. The minimum absolute atomic E-state index is 0.176. The van der Waals surface area contributed by atoms with Crippen molar-refractivity contribution in [2.75, 3.05) is 24.0 Å². The number of fused-ring (bicyclic) bond motifs is 2. The topological polar surface area (TPSA) is 35.9 Å². The molecule has 19 heavy (non-hydrogen) atoms. The SMILES string of the molecule is O=C1CSC2=NCN(c3ccc4c(c3)CCC4)CN12. The molecule has 4 nitrogen and oxygen atoms in total. The molecule has 2 heterocycles. The van der Waals surface area contributed by atoms with Gasteiger partial charge in [0, 0.05) is 5.69 Å². The maximum absolute atomic E-state index is 11.8. The van der Waals surface area contributed by atoms with Gasteiger partial charge in [-0.1, -0.05) is 17.8 Å². The molecule has 1 fully saturated rings. The summed E-state index contributed by atoms with van der Waals surface area (Å²) in [4.78, 5) is 20.2. The molecule has 1 aliphatic carbocycles. The molecule has 2 aliphatic heterocycles. The predicted molar refractivity (Wildman–Crippen MR) is 77.4 cm³/mol. The standard InChI is InChI=1S/C14H15N3OS/c18-13-7-19-14-15-8-16(9-17(13)14)12-5-4-10-2-1-3-11(10)6-12/h4-6H,1-3,7-9H2. The van der Waals surface area contributed by atoms with Gasteiger partial charge in [0.15, 0.2) is 5.17 Å². The molecule has 3 aliphatic rings. The van der Waals surface area contributed by atoms with E-state index in [0.717, 1.165) is 5.17 Å². The molecule has 0 bridgehead atoms. The number of aliphatic imine (C=N–C) groups is 1. The maximum Gasteiger partial charge on any atom is 0.240 e. The van der Waals surface area contributed by atoms with Gasteiger partial charge < -0.3 is 4.90 Å². The molecular weight excluding hydrogens is 258 g/mol.